The molecule has 4 nitrogen and oxygen atoms in total. The highest BCUT2D eigenvalue weighted by Gasteiger charge is 2.18. The summed E-state index contributed by atoms with van der Waals surface area (Å²) in [6.45, 7) is 0. The average Bonchev–Trinajstić information content (AvgIpc) is 3.17. The molecule has 0 amide bonds. The Morgan fingerprint density at radius 3 is 2.39 bits per heavy atom. The number of rotatable bonds is 6. The summed E-state index contributed by atoms with van der Waals surface area (Å²) < 4.78 is 28.0. The van der Waals surface area contributed by atoms with Crippen LogP contribution in [0.15, 0.2) is 70.9 Å². The highest BCUT2D eigenvalue weighted by Crippen LogP contribution is 2.46. The summed E-state index contributed by atoms with van der Waals surface area (Å²) in [7, 11) is 3.23. The standard InChI is InChI=1S/C22H18O4S2/c1-24-15-9-7-14(8-10-15)18-11-16(28-23)12-19(25-2)22(18)26-20-13-27-21-6-4-3-5-17(20)21/h3-13,23H,1-2H3. The lowest BCUT2D eigenvalue weighted by atomic mass is 10.0. The normalized spacial score (nSPS) is 10.8. The molecule has 0 bridgehead atoms. The SMILES string of the molecule is COc1ccc(-c2cc(SO)cc(OC)c2Oc2csc3ccccc23)cc1. The van der Waals surface area contributed by atoms with Crippen LogP contribution in [0, 0.1) is 0 Å². The first-order valence-electron chi connectivity index (χ1n) is 8.55. The van der Waals surface area contributed by atoms with E-state index in [1.807, 2.05) is 53.9 Å². The predicted molar refractivity (Wildman–Crippen MR) is 115 cm³/mol. The fourth-order valence-corrected chi connectivity index (χ4v) is 4.21. The second-order valence-corrected chi connectivity index (χ2v) is 7.59. The van der Waals surface area contributed by atoms with Crippen LogP contribution in [0.4, 0.5) is 0 Å². The van der Waals surface area contributed by atoms with Gasteiger partial charge in [0.15, 0.2) is 11.5 Å². The van der Waals surface area contributed by atoms with E-state index in [1.54, 1.807) is 31.6 Å². The molecule has 6 heteroatoms. The number of hydrogen-bond donors (Lipinski definition) is 1. The first-order valence-corrected chi connectivity index (χ1v) is 10.2. The van der Waals surface area contributed by atoms with Crippen LogP contribution < -0.4 is 14.2 Å². The van der Waals surface area contributed by atoms with Crippen molar-refractivity contribution in [2.24, 2.45) is 0 Å². The van der Waals surface area contributed by atoms with Gasteiger partial charge in [-0.25, -0.2) is 0 Å². The molecule has 0 aliphatic carbocycles. The number of ether oxygens (including phenoxy) is 3. The topological polar surface area (TPSA) is 47.9 Å². The van der Waals surface area contributed by atoms with Gasteiger partial charge in [0.25, 0.3) is 0 Å². The van der Waals surface area contributed by atoms with Gasteiger partial charge in [-0.1, -0.05) is 24.3 Å². The number of hydrogen-bond acceptors (Lipinski definition) is 6. The van der Waals surface area contributed by atoms with Crippen molar-refractivity contribution in [1.29, 1.82) is 0 Å². The molecule has 0 saturated carbocycles. The molecular formula is C22H18O4S2. The minimum atomic E-state index is 0.556. The van der Waals surface area contributed by atoms with E-state index in [0.717, 1.165) is 32.7 Å². The largest absolute Gasteiger partial charge is 0.497 e. The van der Waals surface area contributed by atoms with Gasteiger partial charge in [-0.15, -0.1) is 11.3 Å². The second-order valence-electron chi connectivity index (χ2n) is 6.02. The number of fused-ring (bicyclic) bond motifs is 1. The molecule has 0 aliphatic rings. The summed E-state index contributed by atoms with van der Waals surface area (Å²) in [6.07, 6.45) is 0. The van der Waals surface area contributed by atoms with Crippen LogP contribution in [0.1, 0.15) is 0 Å². The Morgan fingerprint density at radius 1 is 0.893 bits per heavy atom. The molecule has 0 aliphatic heterocycles. The quantitative estimate of drug-likeness (QED) is 0.349. The molecule has 1 aromatic heterocycles. The fourth-order valence-electron chi connectivity index (χ4n) is 3.01. The monoisotopic (exact) mass is 410 g/mol. The van der Waals surface area contributed by atoms with Gasteiger partial charge in [-0.05, 0) is 42.0 Å². The van der Waals surface area contributed by atoms with Gasteiger partial charge in [0.2, 0.25) is 0 Å². The van der Waals surface area contributed by atoms with Gasteiger partial charge in [-0.3, -0.25) is 0 Å². The van der Waals surface area contributed by atoms with Crippen LogP contribution >= 0.6 is 23.4 Å². The summed E-state index contributed by atoms with van der Waals surface area (Å²) in [5, 5.41) is 3.05. The van der Waals surface area contributed by atoms with Crippen molar-refractivity contribution in [2.75, 3.05) is 14.2 Å². The molecule has 3 aromatic carbocycles. The molecule has 28 heavy (non-hydrogen) atoms. The maximum absolute atomic E-state index is 9.60. The van der Waals surface area contributed by atoms with E-state index < -0.39 is 0 Å². The number of thiophene rings is 1. The molecule has 142 valence electrons. The first-order chi connectivity index (χ1) is 13.7. The third-order valence-electron chi connectivity index (χ3n) is 4.41. The van der Waals surface area contributed by atoms with Crippen molar-refractivity contribution in [3.8, 4) is 34.1 Å². The van der Waals surface area contributed by atoms with Gasteiger partial charge in [0, 0.05) is 38.0 Å². The summed E-state index contributed by atoms with van der Waals surface area (Å²) in [6, 6.07) is 19.5. The zero-order valence-corrected chi connectivity index (χ0v) is 17.0. The molecule has 0 fully saturated rings. The van der Waals surface area contributed by atoms with Gasteiger partial charge < -0.3 is 18.8 Å². The lowest BCUT2D eigenvalue weighted by molar-refractivity contribution is 0.380. The summed E-state index contributed by atoms with van der Waals surface area (Å²) in [5.74, 6) is 2.71. The highest BCUT2D eigenvalue weighted by atomic mass is 32.2. The molecule has 0 unspecified atom stereocenters. The Kier molecular flexibility index (Phi) is 5.43. The van der Waals surface area contributed by atoms with Crippen LogP contribution in [0.3, 0.4) is 0 Å². The fraction of sp³-hybridized carbons (Fsp3) is 0.0909. The maximum atomic E-state index is 9.60. The van der Waals surface area contributed by atoms with Crippen molar-refractivity contribution in [3.63, 3.8) is 0 Å². The van der Waals surface area contributed by atoms with Crippen LogP contribution in [0.2, 0.25) is 0 Å². The van der Waals surface area contributed by atoms with E-state index in [2.05, 4.69) is 6.07 Å². The van der Waals surface area contributed by atoms with Gasteiger partial charge in [0.1, 0.15) is 11.5 Å². The third kappa shape index (κ3) is 3.54. The van der Waals surface area contributed by atoms with E-state index in [-0.39, 0.29) is 0 Å². The molecular weight excluding hydrogens is 392 g/mol. The molecule has 0 radical (unpaired) electrons. The summed E-state index contributed by atoms with van der Waals surface area (Å²) >= 11 is 2.31. The summed E-state index contributed by atoms with van der Waals surface area (Å²) in [5.41, 5.74) is 1.76. The van der Waals surface area contributed by atoms with E-state index in [9.17, 15) is 4.55 Å². The third-order valence-corrected chi connectivity index (χ3v) is 5.80. The Hall–Kier alpha value is -2.67. The molecule has 4 aromatic rings. The van der Waals surface area contributed by atoms with Crippen molar-refractivity contribution in [2.45, 2.75) is 4.90 Å². The molecule has 0 atom stereocenters. The van der Waals surface area contributed by atoms with Gasteiger partial charge >= 0.3 is 0 Å². The second kappa shape index (κ2) is 8.14. The zero-order valence-electron chi connectivity index (χ0n) is 15.3. The van der Waals surface area contributed by atoms with Crippen LogP contribution in [0.25, 0.3) is 21.2 Å². The molecule has 4 rings (SSSR count). The number of methoxy groups -OCH3 is 2. The van der Waals surface area contributed by atoms with Gasteiger partial charge in [0.05, 0.1) is 14.2 Å². The minimum absolute atomic E-state index is 0.556. The van der Waals surface area contributed by atoms with Crippen molar-refractivity contribution in [1.82, 2.24) is 0 Å². The van der Waals surface area contributed by atoms with Crippen LogP contribution in [-0.2, 0) is 0 Å². The van der Waals surface area contributed by atoms with Crippen molar-refractivity contribution in [3.05, 3.63) is 66.0 Å². The molecule has 1 N–H and O–H groups in total. The maximum Gasteiger partial charge on any atom is 0.177 e. The Morgan fingerprint density at radius 2 is 1.68 bits per heavy atom. The Balaban J connectivity index is 1.86. The van der Waals surface area contributed by atoms with Crippen molar-refractivity contribution >= 4 is 33.5 Å². The molecule has 0 saturated heterocycles. The van der Waals surface area contributed by atoms with E-state index in [4.69, 9.17) is 14.2 Å². The lowest BCUT2D eigenvalue weighted by Crippen LogP contribution is -1.94. The minimum Gasteiger partial charge on any atom is -0.497 e. The lowest BCUT2D eigenvalue weighted by Gasteiger charge is -2.16. The smallest absolute Gasteiger partial charge is 0.177 e. The average molecular weight is 411 g/mol. The Labute approximate surface area is 171 Å². The predicted octanol–water partition coefficient (Wildman–Crippen LogP) is 6.94. The van der Waals surface area contributed by atoms with Crippen LogP contribution in [0.5, 0.6) is 23.0 Å². The van der Waals surface area contributed by atoms with Crippen molar-refractivity contribution < 1.29 is 18.8 Å². The summed E-state index contributed by atoms with van der Waals surface area (Å²) in [4.78, 5) is 0.671. The van der Waals surface area contributed by atoms with E-state index >= 15 is 0 Å². The Bertz CT molecular complexity index is 1100. The number of benzene rings is 3. The van der Waals surface area contributed by atoms with E-state index in [0.29, 0.717) is 28.4 Å². The van der Waals surface area contributed by atoms with Crippen LogP contribution in [-0.4, -0.2) is 18.8 Å². The zero-order chi connectivity index (χ0) is 19.5. The highest BCUT2D eigenvalue weighted by molar-refractivity contribution is 7.93. The molecule has 0 spiro atoms. The van der Waals surface area contributed by atoms with Gasteiger partial charge in [-0.2, -0.15) is 0 Å². The van der Waals surface area contributed by atoms with E-state index in [1.165, 1.54) is 0 Å². The molecule has 1 heterocycles. The first kappa shape index (κ1) is 18.7.